The molecule has 4 rings (SSSR count). The van der Waals surface area contributed by atoms with Crippen LogP contribution in [0.15, 0.2) is 41.3 Å². The van der Waals surface area contributed by atoms with Gasteiger partial charge in [0, 0.05) is 11.8 Å². The molecule has 1 saturated carbocycles. The van der Waals surface area contributed by atoms with E-state index in [-0.39, 0.29) is 17.3 Å². The molecule has 3 aromatic rings. The van der Waals surface area contributed by atoms with Crippen LogP contribution < -0.4 is 5.56 Å². The quantitative estimate of drug-likeness (QED) is 0.448. The van der Waals surface area contributed by atoms with Crippen LogP contribution in [0.25, 0.3) is 5.82 Å². The molecule has 0 radical (unpaired) electrons. The second-order valence-electron chi connectivity index (χ2n) is 8.32. The first-order valence-corrected chi connectivity index (χ1v) is 10.8. The highest BCUT2D eigenvalue weighted by Gasteiger charge is 2.33. The number of alkyl halides is 5. The van der Waals surface area contributed by atoms with Crippen LogP contribution in [0.1, 0.15) is 72.7 Å². The van der Waals surface area contributed by atoms with Crippen molar-refractivity contribution >= 4 is 0 Å². The van der Waals surface area contributed by atoms with Crippen LogP contribution in [0.2, 0.25) is 0 Å². The minimum absolute atomic E-state index is 0.0376. The van der Waals surface area contributed by atoms with E-state index in [0.717, 1.165) is 47.4 Å². The molecule has 5 nitrogen and oxygen atoms in total. The van der Waals surface area contributed by atoms with Crippen LogP contribution in [-0.2, 0) is 12.7 Å². The number of aromatic nitrogens is 4. The van der Waals surface area contributed by atoms with Gasteiger partial charge in [-0.15, -0.1) is 0 Å². The molecule has 33 heavy (non-hydrogen) atoms. The fourth-order valence-electron chi connectivity index (χ4n) is 4.43. The predicted molar refractivity (Wildman–Crippen MR) is 112 cm³/mol. The second-order valence-corrected chi connectivity index (χ2v) is 8.32. The molecule has 10 heteroatoms. The molecule has 0 spiro atoms. The van der Waals surface area contributed by atoms with Gasteiger partial charge in [-0.05, 0) is 43.4 Å². The minimum atomic E-state index is -4.60. The average Bonchev–Trinajstić information content (AvgIpc) is 3.17. The molecule has 0 bridgehead atoms. The Labute approximate surface area is 186 Å². The molecule has 1 aliphatic carbocycles. The lowest BCUT2D eigenvalue weighted by Crippen LogP contribution is -2.31. The smallest absolute Gasteiger partial charge is 0.281 e. The van der Waals surface area contributed by atoms with E-state index in [1.165, 1.54) is 30.5 Å². The molecule has 0 amide bonds. The minimum Gasteiger partial charge on any atom is -0.281 e. The summed E-state index contributed by atoms with van der Waals surface area (Å²) >= 11 is 0. The summed E-state index contributed by atoms with van der Waals surface area (Å²) < 4.78 is 69.8. The highest BCUT2D eigenvalue weighted by atomic mass is 19.4. The molecular weight excluding hydrogens is 443 g/mol. The molecule has 0 aliphatic heterocycles. The van der Waals surface area contributed by atoms with Gasteiger partial charge in [-0.3, -0.25) is 9.36 Å². The van der Waals surface area contributed by atoms with Gasteiger partial charge in [0.15, 0.2) is 11.6 Å². The summed E-state index contributed by atoms with van der Waals surface area (Å²) in [6.45, 7) is 1.12. The lowest BCUT2D eigenvalue weighted by molar-refractivity contribution is -0.138. The molecule has 0 saturated heterocycles. The number of imidazole rings is 1. The summed E-state index contributed by atoms with van der Waals surface area (Å²) in [5.74, 6) is -0.595. The van der Waals surface area contributed by atoms with Gasteiger partial charge in [-0.2, -0.15) is 18.3 Å². The van der Waals surface area contributed by atoms with E-state index in [4.69, 9.17) is 0 Å². The Morgan fingerprint density at radius 3 is 2.48 bits per heavy atom. The Morgan fingerprint density at radius 1 is 1.12 bits per heavy atom. The SMILES string of the molecule is Cc1cn(-c2cc(C3CCCCC3)c(=O)n(Cc3ccccc3C(F)(F)F)n2)c(C(F)F)n1. The first-order valence-electron chi connectivity index (χ1n) is 10.8. The van der Waals surface area contributed by atoms with Crippen molar-refractivity contribution in [2.75, 3.05) is 0 Å². The van der Waals surface area contributed by atoms with Crippen molar-refractivity contribution in [1.82, 2.24) is 19.3 Å². The molecule has 176 valence electrons. The zero-order chi connectivity index (χ0) is 23.8. The van der Waals surface area contributed by atoms with Crippen LogP contribution in [0, 0.1) is 6.92 Å². The topological polar surface area (TPSA) is 52.7 Å². The lowest BCUT2D eigenvalue weighted by atomic mass is 9.85. The van der Waals surface area contributed by atoms with E-state index in [1.807, 2.05) is 0 Å². The van der Waals surface area contributed by atoms with Crippen molar-refractivity contribution in [1.29, 1.82) is 0 Å². The van der Waals surface area contributed by atoms with Crippen LogP contribution in [-0.4, -0.2) is 19.3 Å². The van der Waals surface area contributed by atoms with E-state index in [1.54, 1.807) is 6.92 Å². The van der Waals surface area contributed by atoms with Crippen molar-refractivity contribution in [3.05, 3.63) is 75.1 Å². The van der Waals surface area contributed by atoms with Crippen LogP contribution in [0.5, 0.6) is 0 Å². The van der Waals surface area contributed by atoms with Crippen molar-refractivity contribution in [2.45, 2.75) is 64.1 Å². The van der Waals surface area contributed by atoms with Gasteiger partial charge in [-0.25, -0.2) is 18.4 Å². The molecule has 2 aromatic heterocycles. The van der Waals surface area contributed by atoms with Crippen molar-refractivity contribution in [2.24, 2.45) is 0 Å². The van der Waals surface area contributed by atoms with Gasteiger partial charge in [-0.1, -0.05) is 37.5 Å². The molecule has 0 atom stereocenters. The normalized spacial score (nSPS) is 15.4. The fourth-order valence-corrected chi connectivity index (χ4v) is 4.43. The van der Waals surface area contributed by atoms with E-state index in [0.29, 0.717) is 11.3 Å². The number of halogens is 5. The monoisotopic (exact) mass is 466 g/mol. The molecule has 1 aliphatic rings. The van der Waals surface area contributed by atoms with Crippen molar-refractivity contribution in [3.8, 4) is 5.82 Å². The number of aryl methyl sites for hydroxylation is 1. The zero-order valence-electron chi connectivity index (χ0n) is 17.9. The van der Waals surface area contributed by atoms with Gasteiger partial charge in [0.05, 0.1) is 17.8 Å². The largest absolute Gasteiger partial charge is 0.416 e. The third kappa shape index (κ3) is 4.84. The molecular formula is C23H23F5N4O. The Kier molecular flexibility index (Phi) is 6.36. The maximum absolute atomic E-state index is 13.6. The summed E-state index contributed by atoms with van der Waals surface area (Å²) in [5, 5.41) is 4.20. The van der Waals surface area contributed by atoms with Crippen LogP contribution in [0.4, 0.5) is 22.0 Å². The number of benzene rings is 1. The summed E-state index contributed by atoms with van der Waals surface area (Å²) in [5.41, 5.74) is -0.766. The zero-order valence-corrected chi connectivity index (χ0v) is 17.9. The number of rotatable bonds is 5. The van der Waals surface area contributed by atoms with E-state index >= 15 is 0 Å². The average molecular weight is 466 g/mol. The van der Waals surface area contributed by atoms with Crippen LogP contribution >= 0.6 is 0 Å². The molecule has 0 N–H and O–H groups in total. The van der Waals surface area contributed by atoms with Gasteiger partial charge >= 0.3 is 6.18 Å². The number of hydrogen-bond acceptors (Lipinski definition) is 3. The summed E-state index contributed by atoms with van der Waals surface area (Å²) in [7, 11) is 0. The molecule has 1 fully saturated rings. The first kappa shape index (κ1) is 23.1. The Bertz CT molecular complexity index is 1190. The third-order valence-electron chi connectivity index (χ3n) is 5.97. The number of nitrogens with zero attached hydrogens (tertiary/aromatic N) is 4. The number of hydrogen-bond donors (Lipinski definition) is 0. The second kappa shape index (κ2) is 9.07. The Morgan fingerprint density at radius 2 is 1.82 bits per heavy atom. The summed E-state index contributed by atoms with van der Waals surface area (Å²) in [4.78, 5) is 17.1. The van der Waals surface area contributed by atoms with Gasteiger partial charge in [0.1, 0.15) is 0 Å². The third-order valence-corrected chi connectivity index (χ3v) is 5.97. The van der Waals surface area contributed by atoms with Gasteiger partial charge in [0.25, 0.3) is 12.0 Å². The predicted octanol–water partition coefficient (Wildman–Crippen LogP) is 5.79. The lowest BCUT2D eigenvalue weighted by Gasteiger charge is -2.23. The fraction of sp³-hybridized carbons (Fsp3) is 0.435. The first-order chi connectivity index (χ1) is 15.6. The van der Waals surface area contributed by atoms with Crippen molar-refractivity contribution < 1.29 is 22.0 Å². The maximum atomic E-state index is 13.6. The van der Waals surface area contributed by atoms with Crippen LogP contribution in [0.3, 0.4) is 0 Å². The van der Waals surface area contributed by atoms with Gasteiger partial charge in [0.2, 0.25) is 0 Å². The van der Waals surface area contributed by atoms with E-state index in [9.17, 15) is 26.7 Å². The standard InChI is InChI=1S/C23H23F5N4O/c1-14-12-31(21(29-14)20(24)25)19-11-17(15-7-3-2-4-8-15)22(33)32(30-19)13-16-9-5-6-10-18(16)23(26,27)28/h5-6,9-12,15,20H,2-4,7-8,13H2,1H3. The Hall–Kier alpha value is -3.04. The molecule has 0 unspecified atom stereocenters. The van der Waals surface area contributed by atoms with Crippen molar-refractivity contribution in [3.63, 3.8) is 0 Å². The maximum Gasteiger partial charge on any atom is 0.416 e. The van der Waals surface area contributed by atoms with Gasteiger partial charge < -0.3 is 0 Å². The molecule has 2 heterocycles. The molecule has 1 aromatic carbocycles. The highest BCUT2D eigenvalue weighted by molar-refractivity contribution is 5.33. The highest BCUT2D eigenvalue weighted by Crippen LogP contribution is 2.33. The van der Waals surface area contributed by atoms with E-state index < -0.39 is 36.1 Å². The van der Waals surface area contributed by atoms with E-state index in [2.05, 4.69) is 10.1 Å². The summed E-state index contributed by atoms with van der Waals surface area (Å²) in [6.07, 6.45) is -1.72. The summed E-state index contributed by atoms with van der Waals surface area (Å²) in [6, 6.07) is 6.44. The Balaban J connectivity index is 1.87.